The van der Waals surface area contributed by atoms with E-state index in [2.05, 4.69) is 42.2 Å². The number of hydrogen-bond acceptors (Lipinski definition) is 4. The van der Waals surface area contributed by atoms with E-state index < -0.39 is 0 Å². The molecule has 17 heavy (non-hydrogen) atoms. The Morgan fingerprint density at radius 1 is 1.41 bits per heavy atom. The number of ether oxygens (including phenoxy) is 1. The van der Waals surface area contributed by atoms with Crippen LogP contribution in [0.25, 0.3) is 0 Å². The lowest BCUT2D eigenvalue weighted by molar-refractivity contribution is 0.0378. The fourth-order valence-corrected chi connectivity index (χ4v) is 2.93. The molecule has 1 saturated heterocycles. The number of aliphatic hydroxyl groups excluding tert-OH is 1. The molecule has 0 bridgehead atoms. The van der Waals surface area contributed by atoms with Crippen molar-refractivity contribution in [3.63, 3.8) is 0 Å². The van der Waals surface area contributed by atoms with Crippen LogP contribution in [0.4, 0.5) is 5.82 Å². The quantitative estimate of drug-likeness (QED) is 0.864. The number of aromatic nitrogens is 1. The standard InChI is InChI=1S/C11H14Br2N2O2/c12-8-5-9(13)10(14-6-8)15-11(7-16)1-3-17-4-2-11/h5-6,16H,1-4,7H2,(H,14,15). The summed E-state index contributed by atoms with van der Waals surface area (Å²) < 4.78 is 7.12. The van der Waals surface area contributed by atoms with Gasteiger partial charge in [0, 0.05) is 23.9 Å². The third-order valence-electron chi connectivity index (χ3n) is 2.94. The van der Waals surface area contributed by atoms with Crippen molar-refractivity contribution in [2.75, 3.05) is 25.1 Å². The van der Waals surface area contributed by atoms with Gasteiger partial charge < -0.3 is 15.2 Å². The van der Waals surface area contributed by atoms with Crippen LogP contribution >= 0.6 is 31.9 Å². The average Bonchev–Trinajstić information content (AvgIpc) is 2.34. The van der Waals surface area contributed by atoms with Crippen LogP contribution in [0.1, 0.15) is 12.8 Å². The lowest BCUT2D eigenvalue weighted by Gasteiger charge is -2.37. The Balaban J connectivity index is 2.17. The maximum atomic E-state index is 9.58. The number of aliphatic hydroxyl groups is 1. The van der Waals surface area contributed by atoms with Crippen molar-refractivity contribution in [2.45, 2.75) is 18.4 Å². The van der Waals surface area contributed by atoms with Gasteiger partial charge >= 0.3 is 0 Å². The molecule has 0 radical (unpaired) electrons. The molecule has 94 valence electrons. The van der Waals surface area contributed by atoms with Crippen LogP contribution in [0.3, 0.4) is 0 Å². The maximum absolute atomic E-state index is 9.58. The number of pyridine rings is 1. The Morgan fingerprint density at radius 2 is 2.12 bits per heavy atom. The largest absolute Gasteiger partial charge is 0.394 e. The molecule has 0 aliphatic carbocycles. The molecule has 2 heterocycles. The SMILES string of the molecule is OCC1(Nc2ncc(Br)cc2Br)CCOCC1. The van der Waals surface area contributed by atoms with E-state index in [4.69, 9.17) is 4.74 Å². The van der Waals surface area contributed by atoms with E-state index in [0.717, 1.165) is 27.6 Å². The van der Waals surface area contributed by atoms with Gasteiger partial charge in [-0.3, -0.25) is 0 Å². The van der Waals surface area contributed by atoms with E-state index >= 15 is 0 Å². The topological polar surface area (TPSA) is 54.4 Å². The van der Waals surface area contributed by atoms with Crippen LogP contribution < -0.4 is 5.32 Å². The third-order valence-corrected chi connectivity index (χ3v) is 3.98. The Hall–Kier alpha value is -0.170. The van der Waals surface area contributed by atoms with Gasteiger partial charge in [-0.2, -0.15) is 0 Å². The van der Waals surface area contributed by atoms with Gasteiger partial charge in [-0.1, -0.05) is 0 Å². The van der Waals surface area contributed by atoms with E-state index in [1.54, 1.807) is 6.20 Å². The molecule has 6 heteroatoms. The number of nitrogens with one attached hydrogen (secondary N) is 1. The van der Waals surface area contributed by atoms with Gasteiger partial charge in [-0.15, -0.1) is 0 Å². The normalized spacial score (nSPS) is 19.0. The van der Waals surface area contributed by atoms with Crippen LogP contribution in [0.5, 0.6) is 0 Å². The van der Waals surface area contributed by atoms with E-state index in [9.17, 15) is 5.11 Å². The average molecular weight is 366 g/mol. The van der Waals surface area contributed by atoms with Crippen molar-refractivity contribution in [3.8, 4) is 0 Å². The van der Waals surface area contributed by atoms with Gasteiger partial charge in [0.15, 0.2) is 0 Å². The second kappa shape index (κ2) is 5.65. The van der Waals surface area contributed by atoms with Gasteiger partial charge in [0.25, 0.3) is 0 Å². The minimum absolute atomic E-state index is 0.0839. The van der Waals surface area contributed by atoms with Crippen molar-refractivity contribution in [2.24, 2.45) is 0 Å². The molecule has 0 amide bonds. The summed E-state index contributed by atoms with van der Waals surface area (Å²) in [5.41, 5.74) is -0.318. The first-order chi connectivity index (χ1) is 8.15. The molecule has 1 aromatic heterocycles. The highest BCUT2D eigenvalue weighted by molar-refractivity contribution is 9.11. The van der Waals surface area contributed by atoms with Crippen molar-refractivity contribution in [1.29, 1.82) is 0 Å². The highest BCUT2D eigenvalue weighted by Gasteiger charge is 2.32. The summed E-state index contributed by atoms with van der Waals surface area (Å²) in [6.45, 7) is 1.42. The van der Waals surface area contributed by atoms with Crippen LogP contribution in [0.15, 0.2) is 21.2 Å². The zero-order valence-corrected chi connectivity index (χ0v) is 12.4. The van der Waals surface area contributed by atoms with E-state index in [-0.39, 0.29) is 12.1 Å². The predicted octanol–water partition coefficient (Wildman–Crippen LogP) is 2.56. The summed E-state index contributed by atoms with van der Waals surface area (Å²) in [4.78, 5) is 4.31. The molecule has 1 aromatic rings. The Bertz CT molecular complexity index is 395. The Morgan fingerprint density at radius 3 is 2.71 bits per heavy atom. The smallest absolute Gasteiger partial charge is 0.140 e. The molecule has 0 aromatic carbocycles. The lowest BCUT2D eigenvalue weighted by atomic mass is 9.91. The van der Waals surface area contributed by atoms with Crippen molar-refractivity contribution < 1.29 is 9.84 Å². The van der Waals surface area contributed by atoms with Crippen molar-refractivity contribution >= 4 is 37.7 Å². The maximum Gasteiger partial charge on any atom is 0.140 e. The molecule has 2 N–H and O–H groups in total. The molecular formula is C11H14Br2N2O2. The molecule has 0 saturated carbocycles. The highest BCUT2D eigenvalue weighted by Crippen LogP contribution is 2.30. The predicted molar refractivity (Wildman–Crippen MR) is 73.1 cm³/mol. The first-order valence-electron chi connectivity index (χ1n) is 5.43. The molecule has 1 aliphatic heterocycles. The van der Waals surface area contributed by atoms with Crippen molar-refractivity contribution in [1.82, 2.24) is 4.98 Å². The second-order valence-electron chi connectivity index (χ2n) is 4.16. The van der Waals surface area contributed by atoms with Gasteiger partial charge in [0.05, 0.1) is 16.6 Å². The summed E-state index contributed by atoms with van der Waals surface area (Å²) in [5, 5.41) is 12.9. The number of hydrogen-bond donors (Lipinski definition) is 2. The second-order valence-corrected chi connectivity index (χ2v) is 5.93. The van der Waals surface area contributed by atoms with Crippen LogP contribution in [0.2, 0.25) is 0 Å². The van der Waals surface area contributed by atoms with Crippen LogP contribution in [-0.2, 0) is 4.74 Å². The van der Waals surface area contributed by atoms with Crippen LogP contribution in [-0.4, -0.2) is 35.5 Å². The van der Waals surface area contributed by atoms with Gasteiger partial charge in [-0.25, -0.2) is 4.98 Å². The van der Waals surface area contributed by atoms with E-state index in [1.807, 2.05) is 6.07 Å². The van der Waals surface area contributed by atoms with E-state index in [0.29, 0.717) is 13.2 Å². The number of halogens is 2. The van der Waals surface area contributed by atoms with E-state index in [1.165, 1.54) is 0 Å². The van der Waals surface area contributed by atoms with Crippen LogP contribution in [0, 0.1) is 0 Å². The first kappa shape index (κ1) is 13.3. The summed E-state index contributed by atoms with van der Waals surface area (Å²) in [6.07, 6.45) is 3.30. The lowest BCUT2D eigenvalue weighted by Crippen LogP contribution is -2.47. The number of rotatable bonds is 3. The monoisotopic (exact) mass is 364 g/mol. The summed E-state index contributed by atoms with van der Waals surface area (Å²) in [7, 11) is 0. The summed E-state index contributed by atoms with van der Waals surface area (Å²) >= 11 is 6.82. The molecule has 0 unspecified atom stereocenters. The molecule has 0 spiro atoms. The summed E-state index contributed by atoms with van der Waals surface area (Å²) in [5.74, 6) is 0.754. The Kier molecular flexibility index (Phi) is 4.41. The molecule has 4 nitrogen and oxygen atoms in total. The minimum atomic E-state index is -0.318. The number of nitrogens with zero attached hydrogens (tertiary/aromatic N) is 1. The fourth-order valence-electron chi connectivity index (χ4n) is 1.84. The van der Waals surface area contributed by atoms with Gasteiger partial charge in [0.2, 0.25) is 0 Å². The summed E-state index contributed by atoms with van der Waals surface area (Å²) in [6, 6.07) is 1.93. The molecule has 0 atom stereocenters. The molecule has 2 rings (SSSR count). The molecule has 1 aliphatic rings. The number of anilines is 1. The zero-order valence-electron chi connectivity index (χ0n) is 9.25. The third kappa shape index (κ3) is 3.19. The highest BCUT2D eigenvalue weighted by atomic mass is 79.9. The fraction of sp³-hybridized carbons (Fsp3) is 0.545. The van der Waals surface area contributed by atoms with Gasteiger partial charge in [-0.05, 0) is 50.8 Å². The molecule has 1 fully saturated rings. The first-order valence-corrected chi connectivity index (χ1v) is 7.02. The minimum Gasteiger partial charge on any atom is -0.394 e. The van der Waals surface area contributed by atoms with Gasteiger partial charge in [0.1, 0.15) is 5.82 Å². The zero-order chi connectivity index (χ0) is 12.3. The molecular weight excluding hydrogens is 352 g/mol. The van der Waals surface area contributed by atoms with Crippen molar-refractivity contribution in [3.05, 3.63) is 21.2 Å². The Labute approximate surface area is 117 Å².